The Hall–Kier alpha value is -2.52. The van der Waals surface area contributed by atoms with Crippen LogP contribution in [0.1, 0.15) is 27.3 Å². The number of halogens is 2. The number of hydrogen-bond donors (Lipinski definition) is 0. The summed E-state index contributed by atoms with van der Waals surface area (Å²) in [5.41, 5.74) is 4.50. The molecule has 1 aliphatic heterocycles. The predicted molar refractivity (Wildman–Crippen MR) is 112 cm³/mol. The van der Waals surface area contributed by atoms with Crippen LogP contribution >= 0.6 is 11.8 Å². The number of nitrogens with zero attached hydrogens (tertiary/aromatic N) is 5. The number of piperazine rings is 1. The molecule has 0 aromatic carbocycles. The zero-order valence-corrected chi connectivity index (χ0v) is 17.7. The molecule has 0 aliphatic carbocycles. The molecule has 4 heterocycles. The maximum Gasteiger partial charge on any atom is 0.290 e. The molecule has 4 rings (SSSR count). The number of aromatic nitrogens is 3. The Morgan fingerprint density at radius 3 is 2.70 bits per heavy atom. The summed E-state index contributed by atoms with van der Waals surface area (Å²) in [6, 6.07) is 7.30. The average molecular weight is 432 g/mol. The lowest BCUT2D eigenvalue weighted by molar-refractivity contribution is 0.0622. The maximum atomic E-state index is 12.9. The van der Waals surface area contributed by atoms with Crippen LogP contribution in [0.4, 0.5) is 8.78 Å². The molecule has 3 aromatic heterocycles. The monoisotopic (exact) mass is 431 g/mol. The lowest BCUT2D eigenvalue weighted by Crippen LogP contribution is -2.48. The first-order valence-corrected chi connectivity index (χ1v) is 10.7. The minimum atomic E-state index is -2.61. The summed E-state index contributed by atoms with van der Waals surface area (Å²) in [4.78, 5) is 25.5. The van der Waals surface area contributed by atoms with E-state index in [-0.39, 0.29) is 16.5 Å². The predicted octanol–water partition coefficient (Wildman–Crippen LogP) is 3.62. The summed E-state index contributed by atoms with van der Waals surface area (Å²) < 4.78 is 27.7. The average Bonchev–Trinajstić information content (AvgIpc) is 3.02. The normalized spacial score (nSPS) is 15.3. The molecule has 1 fully saturated rings. The number of rotatable bonds is 5. The number of imidazole rings is 1. The van der Waals surface area contributed by atoms with Gasteiger partial charge in [-0.25, -0.2) is 9.97 Å². The van der Waals surface area contributed by atoms with Gasteiger partial charge < -0.3 is 9.30 Å². The van der Waals surface area contributed by atoms with Crippen LogP contribution in [0.5, 0.6) is 0 Å². The van der Waals surface area contributed by atoms with Crippen molar-refractivity contribution in [2.24, 2.45) is 0 Å². The van der Waals surface area contributed by atoms with Crippen LogP contribution in [-0.4, -0.2) is 62.0 Å². The van der Waals surface area contributed by atoms with Gasteiger partial charge in [0.1, 0.15) is 10.7 Å². The number of pyridine rings is 2. The fraction of sp³-hybridized carbons (Fsp3) is 0.381. The van der Waals surface area contributed by atoms with E-state index < -0.39 is 5.76 Å². The Bertz CT molecular complexity index is 1060. The molecule has 0 radical (unpaired) electrons. The first-order chi connectivity index (χ1) is 14.4. The van der Waals surface area contributed by atoms with Crippen LogP contribution in [0.2, 0.25) is 0 Å². The van der Waals surface area contributed by atoms with Crippen molar-refractivity contribution in [3.8, 4) is 0 Å². The third kappa shape index (κ3) is 4.32. The van der Waals surface area contributed by atoms with E-state index in [1.807, 2.05) is 20.0 Å². The van der Waals surface area contributed by atoms with E-state index in [1.165, 1.54) is 11.8 Å². The van der Waals surface area contributed by atoms with E-state index in [2.05, 4.69) is 31.4 Å². The lowest BCUT2D eigenvalue weighted by Gasteiger charge is -2.35. The number of carbonyl (C=O) groups excluding carboxylic acids is 1. The van der Waals surface area contributed by atoms with Crippen molar-refractivity contribution in [3.05, 3.63) is 59.2 Å². The minimum Gasteiger partial charge on any atom is -0.336 e. The van der Waals surface area contributed by atoms with Gasteiger partial charge in [0.25, 0.3) is 11.7 Å². The van der Waals surface area contributed by atoms with Crippen LogP contribution in [0, 0.1) is 13.8 Å². The summed E-state index contributed by atoms with van der Waals surface area (Å²) in [7, 11) is 0. The molecule has 0 bridgehead atoms. The first-order valence-electron chi connectivity index (χ1n) is 9.78. The third-order valence-corrected chi connectivity index (χ3v) is 6.04. The van der Waals surface area contributed by atoms with Crippen molar-refractivity contribution in [1.29, 1.82) is 0 Å². The standard InChI is InChI=1S/C21H23F2N5OS/c1-14-5-7-28-17(15(2)25-18(28)12-14)13-26-8-10-27(11-9-26)20(29)16-4-3-6-24-19(16)30-21(22)23/h3-7,12,21H,8-11,13H2,1-2H3. The minimum absolute atomic E-state index is 0.0802. The SMILES string of the molecule is Cc1ccn2c(CN3CCN(C(=O)c4cccnc4SC(F)F)CC3)c(C)nc2c1. The molecule has 0 atom stereocenters. The molecule has 0 N–H and O–H groups in total. The molecule has 3 aromatic rings. The Morgan fingerprint density at radius 1 is 1.20 bits per heavy atom. The van der Waals surface area contributed by atoms with Crippen molar-refractivity contribution in [2.75, 3.05) is 26.2 Å². The summed E-state index contributed by atoms with van der Waals surface area (Å²) >= 11 is 0.312. The number of hydrogen-bond acceptors (Lipinski definition) is 5. The molecule has 9 heteroatoms. The van der Waals surface area contributed by atoms with E-state index in [4.69, 9.17) is 0 Å². The highest BCUT2D eigenvalue weighted by molar-refractivity contribution is 7.99. The molecule has 30 heavy (non-hydrogen) atoms. The Kier molecular flexibility index (Phi) is 6.01. The summed E-state index contributed by atoms with van der Waals surface area (Å²) in [6.45, 7) is 7.32. The molecular formula is C21H23F2N5OS. The van der Waals surface area contributed by atoms with Crippen LogP contribution in [0.15, 0.2) is 41.7 Å². The molecule has 1 amide bonds. The summed E-state index contributed by atoms with van der Waals surface area (Å²) in [5.74, 6) is -2.85. The summed E-state index contributed by atoms with van der Waals surface area (Å²) in [5, 5.41) is 0.0802. The van der Waals surface area contributed by atoms with Crippen molar-refractivity contribution in [3.63, 3.8) is 0 Å². The van der Waals surface area contributed by atoms with Gasteiger partial charge in [-0.15, -0.1) is 0 Å². The molecule has 0 saturated carbocycles. The fourth-order valence-corrected chi connectivity index (χ4v) is 4.30. The van der Waals surface area contributed by atoms with Crippen molar-refractivity contribution in [1.82, 2.24) is 24.2 Å². The van der Waals surface area contributed by atoms with E-state index in [1.54, 1.807) is 17.0 Å². The van der Waals surface area contributed by atoms with E-state index in [0.717, 1.165) is 23.6 Å². The molecule has 1 saturated heterocycles. The fourth-order valence-electron chi connectivity index (χ4n) is 3.73. The Balaban J connectivity index is 1.43. The second-order valence-electron chi connectivity index (χ2n) is 7.38. The third-order valence-electron chi connectivity index (χ3n) is 5.32. The topological polar surface area (TPSA) is 53.7 Å². The maximum absolute atomic E-state index is 12.9. The van der Waals surface area contributed by atoms with Gasteiger partial charge in [0.05, 0.1) is 17.0 Å². The largest absolute Gasteiger partial charge is 0.336 e. The van der Waals surface area contributed by atoms with E-state index >= 15 is 0 Å². The zero-order chi connectivity index (χ0) is 21.3. The van der Waals surface area contributed by atoms with Gasteiger partial charge in [0, 0.05) is 45.1 Å². The number of alkyl halides is 2. The first kappa shape index (κ1) is 20.7. The van der Waals surface area contributed by atoms with Gasteiger partial charge in [-0.2, -0.15) is 8.78 Å². The van der Waals surface area contributed by atoms with Crippen molar-refractivity contribution in [2.45, 2.75) is 31.2 Å². The Morgan fingerprint density at radius 2 is 1.97 bits per heavy atom. The van der Waals surface area contributed by atoms with Crippen LogP contribution in [0.25, 0.3) is 5.65 Å². The molecular weight excluding hydrogens is 408 g/mol. The molecule has 0 spiro atoms. The lowest BCUT2D eigenvalue weighted by atomic mass is 10.2. The van der Waals surface area contributed by atoms with Gasteiger partial charge in [0.15, 0.2) is 0 Å². The van der Waals surface area contributed by atoms with Gasteiger partial charge in [-0.1, -0.05) is 0 Å². The highest BCUT2D eigenvalue weighted by Crippen LogP contribution is 2.27. The van der Waals surface area contributed by atoms with Gasteiger partial charge in [0.2, 0.25) is 0 Å². The van der Waals surface area contributed by atoms with Crippen LogP contribution in [0.3, 0.4) is 0 Å². The number of amides is 1. The van der Waals surface area contributed by atoms with Gasteiger partial charge >= 0.3 is 0 Å². The number of thioether (sulfide) groups is 1. The van der Waals surface area contributed by atoms with Crippen LogP contribution < -0.4 is 0 Å². The number of aryl methyl sites for hydroxylation is 2. The smallest absolute Gasteiger partial charge is 0.290 e. The zero-order valence-electron chi connectivity index (χ0n) is 16.9. The quantitative estimate of drug-likeness (QED) is 0.578. The molecule has 0 unspecified atom stereocenters. The summed E-state index contributed by atoms with van der Waals surface area (Å²) in [6.07, 6.45) is 3.48. The molecule has 1 aliphatic rings. The molecule has 6 nitrogen and oxygen atoms in total. The van der Waals surface area contributed by atoms with Crippen molar-refractivity contribution < 1.29 is 13.6 Å². The Labute approximate surface area is 177 Å². The second kappa shape index (κ2) is 8.69. The number of fused-ring (bicyclic) bond motifs is 1. The number of carbonyl (C=O) groups is 1. The highest BCUT2D eigenvalue weighted by Gasteiger charge is 2.26. The van der Waals surface area contributed by atoms with Gasteiger partial charge in [-0.3, -0.25) is 9.69 Å². The van der Waals surface area contributed by atoms with Crippen LogP contribution in [-0.2, 0) is 6.54 Å². The second-order valence-corrected chi connectivity index (χ2v) is 8.36. The van der Waals surface area contributed by atoms with E-state index in [9.17, 15) is 13.6 Å². The van der Waals surface area contributed by atoms with Crippen molar-refractivity contribution >= 4 is 23.3 Å². The van der Waals surface area contributed by atoms with Gasteiger partial charge in [-0.05, 0) is 55.4 Å². The molecule has 158 valence electrons. The highest BCUT2D eigenvalue weighted by atomic mass is 32.2. The van der Waals surface area contributed by atoms with E-state index in [0.29, 0.717) is 37.9 Å².